The fourth-order valence-electron chi connectivity index (χ4n) is 3.23. The Labute approximate surface area is 147 Å². The molecular weight excluding hydrogens is 327 g/mol. The van der Waals surface area contributed by atoms with Gasteiger partial charge >= 0.3 is 0 Å². The summed E-state index contributed by atoms with van der Waals surface area (Å²) in [6, 6.07) is 5.99. The molecule has 0 saturated carbocycles. The van der Waals surface area contributed by atoms with Crippen LogP contribution in [0.15, 0.2) is 24.3 Å². The third kappa shape index (κ3) is 5.39. The van der Waals surface area contributed by atoms with E-state index >= 15 is 0 Å². The molecule has 0 spiro atoms. The molecule has 1 aromatic rings. The Balaban J connectivity index is 1.35. The van der Waals surface area contributed by atoms with Crippen molar-refractivity contribution in [3.8, 4) is 5.75 Å². The quantitative estimate of drug-likeness (QED) is 0.780. The van der Waals surface area contributed by atoms with Crippen LogP contribution >= 0.6 is 0 Å². The molecule has 0 bridgehead atoms. The van der Waals surface area contributed by atoms with Crippen LogP contribution in [-0.4, -0.2) is 68.5 Å². The molecule has 0 radical (unpaired) electrons. The highest BCUT2D eigenvalue weighted by Gasteiger charge is 2.37. The molecule has 0 aromatic heterocycles. The van der Waals surface area contributed by atoms with Crippen LogP contribution in [0.5, 0.6) is 5.75 Å². The van der Waals surface area contributed by atoms with Gasteiger partial charge in [-0.2, -0.15) is 0 Å². The number of carbonyl (C=O) groups excluding carboxylic acids is 1. The summed E-state index contributed by atoms with van der Waals surface area (Å²) in [5, 5.41) is 2.84. The number of nitrogens with one attached hydrogen (secondary N) is 1. The lowest BCUT2D eigenvalue weighted by molar-refractivity contribution is -0.120. The minimum absolute atomic E-state index is 0.0526. The lowest BCUT2D eigenvalue weighted by atomic mass is 10.3. The van der Waals surface area contributed by atoms with E-state index in [9.17, 15) is 9.18 Å². The summed E-state index contributed by atoms with van der Waals surface area (Å²) < 4.78 is 30.3. The average molecular weight is 352 g/mol. The van der Waals surface area contributed by atoms with E-state index in [1.807, 2.05) is 0 Å². The van der Waals surface area contributed by atoms with E-state index in [2.05, 4.69) is 10.2 Å². The Bertz CT molecular complexity index is 553. The van der Waals surface area contributed by atoms with Crippen molar-refractivity contribution in [2.75, 3.05) is 39.5 Å². The minimum Gasteiger partial charge on any atom is -0.494 e. The third-order valence-corrected chi connectivity index (χ3v) is 4.42. The van der Waals surface area contributed by atoms with Crippen molar-refractivity contribution in [3.63, 3.8) is 0 Å². The zero-order valence-electron chi connectivity index (χ0n) is 14.4. The van der Waals surface area contributed by atoms with Crippen LogP contribution < -0.4 is 10.1 Å². The summed E-state index contributed by atoms with van der Waals surface area (Å²) >= 11 is 0. The maximum absolute atomic E-state index is 12.8. The molecule has 0 unspecified atom stereocenters. The first-order valence-corrected chi connectivity index (χ1v) is 8.71. The summed E-state index contributed by atoms with van der Waals surface area (Å²) in [5.41, 5.74) is 0. The SMILES string of the molecule is CC(=O)NC1CO[C@H]2CN(CCCOc3ccc(F)cc3)C[C@@H]2OC1. The standard InChI is InChI=1S/C18H25FN2O4/c1-13(22)20-15-11-24-17-9-21(10-18(17)25-12-15)7-2-8-23-16-5-3-14(19)4-6-16/h3-6,15,17-18H,2,7-12H2,1H3,(H,20,22)/t17-,18-/m0/s1. The number of hydrogen-bond acceptors (Lipinski definition) is 5. The number of ether oxygens (including phenoxy) is 3. The van der Waals surface area contributed by atoms with E-state index in [-0.39, 0.29) is 30.0 Å². The van der Waals surface area contributed by atoms with Gasteiger partial charge in [0.05, 0.1) is 38.1 Å². The lowest BCUT2D eigenvalue weighted by Crippen LogP contribution is -2.40. The van der Waals surface area contributed by atoms with Gasteiger partial charge in [-0.25, -0.2) is 4.39 Å². The Morgan fingerprint density at radius 1 is 1.24 bits per heavy atom. The fraction of sp³-hybridized carbons (Fsp3) is 0.611. The number of amides is 1. The molecule has 2 aliphatic rings. The molecule has 6 nitrogen and oxygen atoms in total. The molecule has 2 saturated heterocycles. The highest BCUT2D eigenvalue weighted by atomic mass is 19.1. The molecule has 1 N–H and O–H groups in total. The van der Waals surface area contributed by atoms with E-state index in [4.69, 9.17) is 14.2 Å². The third-order valence-electron chi connectivity index (χ3n) is 4.42. The fourth-order valence-corrected chi connectivity index (χ4v) is 3.23. The highest BCUT2D eigenvalue weighted by molar-refractivity contribution is 5.73. The maximum Gasteiger partial charge on any atom is 0.217 e. The molecule has 2 atom stereocenters. The molecule has 25 heavy (non-hydrogen) atoms. The van der Waals surface area contributed by atoms with E-state index in [0.29, 0.717) is 25.6 Å². The summed E-state index contributed by atoms with van der Waals surface area (Å²) in [6.45, 7) is 5.62. The van der Waals surface area contributed by atoms with Gasteiger partial charge in [-0.1, -0.05) is 0 Å². The van der Waals surface area contributed by atoms with Gasteiger partial charge in [0.15, 0.2) is 0 Å². The van der Waals surface area contributed by atoms with Crippen molar-refractivity contribution in [1.29, 1.82) is 0 Å². The van der Waals surface area contributed by atoms with Crippen LogP contribution in [0.1, 0.15) is 13.3 Å². The lowest BCUT2D eigenvalue weighted by Gasteiger charge is -2.18. The van der Waals surface area contributed by atoms with Gasteiger partial charge in [-0.3, -0.25) is 9.69 Å². The van der Waals surface area contributed by atoms with Crippen LogP contribution in [0.4, 0.5) is 4.39 Å². The predicted molar refractivity (Wildman–Crippen MR) is 90.0 cm³/mol. The van der Waals surface area contributed by atoms with Crippen molar-refractivity contribution in [2.45, 2.75) is 31.6 Å². The van der Waals surface area contributed by atoms with E-state index in [0.717, 1.165) is 26.1 Å². The first-order valence-electron chi connectivity index (χ1n) is 8.71. The number of fused-ring (bicyclic) bond motifs is 1. The second-order valence-corrected chi connectivity index (χ2v) is 6.56. The van der Waals surface area contributed by atoms with Gasteiger partial charge in [0.2, 0.25) is 5.91 Å². The van der Waals surface area contributed by atoms with Gasteiger partial charge in [-0.05, 0) is 30.7 Å². The molecule has 7 heteroatoms. The average Bonchev–Trinajstić information content (AvgIpc) is 2.88. The summed E-state index contributed by atoms with van der Waals surface area (Å²) in [4.78, 5) is 13.4. The number of rotatable bonds is 6. The predicted octanol–water partition coefficient (Wildman–Crippen LogP) is 1.20. The molecule has 2 aliphatic heterocycles. The second-order valence-electron chi connectivity index (χ2n) is 6.56. The number of hydrogen-bond donors (Lipinski definition) is 1. The van der Waals surface area contributed by atoms with Gasteiger partial charge in [0.1, 0.15) is 11.6 Å². The monoisotopic (exact) mass is 352 g/mol. The normalized spacial score (nSPS) is 24.6. The largest absolute Gasteiger partial charge is 0.494 e. The van der Waals surface area contributed by atoms with E-state index < -0.39 is 0 Å². The summed E-state index contributed by atoms with van der Waals surface area (Å²) in [7, 11) is 0. The molecule has 138 valence electrons. The first kappa shape index (κ1) is 18.1. The van der Waals surface area contributed by atoms with E-state index in [1.165, 1.54) is 19.1 Å². The number of likely N-dealkylation sites (tertiary alicyclic amines) is 1. The molecule has 2 fully saturated rings. The van der Waals surface area contributed by atoms with Gasteiger partial charge in [-0.15, -0.1) is 0 Å². The zero-order chi connectivity index (χ0) is 17.6. The van der Waals surface area contributed by atoms with Crippen LogP contribution in [-0.2, 0) is 14.3 Å². The number of carbonyl (C=O) groups is 1. The van der Waals surface area contributed by atoms with Crippen LogP contribution in [0, 0.1) is 5.82 Å². The van der Waals surface area contributed by atoms with Gasteiger partial charge in [0, 0.05) is 26.6 Å². The Morgan fingerprint density at radius 3 is 2.48 bits per heavy atom. The summed E-state index contributed by atoms with van der Waals surface area (Å²) in [6.07, 6.45) is 0.985. The smallest absolute Gasteiger partial charge is 0.217 e. The zero-order valence-corrected chi connectivity index (χ0v) is 14.4. The Hall–Kier alpha value is -1.70. The second kappa shape index (κ2) is 8.60. The molecule has 0 aliphatic carbocycles. The van der Waals surface area contributed by atoms with E-state index in [1.54, 1.807) is 12.1 Å². The van der Waals surface area contributed by atoms with Crippen molar-refractivity contribution in [3.05, 3.63) is 30.1 Å². The number of halogens is 1. The topological polar surface area (TPSA) is 60.0 Å². The molecule has 3 rings (SSSR count). The first-order chi connectivity index (χ1) is 12.1. The van der Waals surface area contributed by atoms with Crippen molar-refractivity contribution in [1.82, 2.24) is 10.2 Å². The number of benzene rings is 1. The van der Waals surface area contributed by atoms with Crippen LogP contribution in [0.3, 0.4) is 0 Å². The minimum atomic E-state index is -0.260. The Kier molecular flexibility index (Phi) is 6.23. The maximum atomic E-state index is 12.8. The van der Waals surface area contributed by atoms with Crippen molar-refractivity contribution < 1.29 is 23.4 Å². The summed E-state index contributed by atoms with van der Waals surface area (Å²) in [5.74, 6) is 0.361. The molecule has 2 heterocycles. The van der Waals surface area contributed by atoms with Gasteiger partial charge in [0.25, 0.3) is 0 Å². The highest BCUT2D eigenvalue weighted by Crippen LogP contribution is 2.20. The molecular formula is C18H25FN2O4. The Morgan fingerprint density at radius 2 is 1.88 bits per heavy atom. The van der Waals surface area contributed by atoms with Crippen LogP contribution in [0.25, 0.3) is 0 Å². The molecule has 1 amide bonds. The van der Waals surface area contributed by atoms with Crippen molar-refractivity contribution >= 4 is 5.91 Å². The van der Waals surface area contributed by atoms with Crippen LogP contribution in [0.2, 0.25) is 0 Å². The van der Waals surface area contributed by atoms with Crippen molar-refractivity contribution in [2.24, 2.45) is 0 Å². The van der Waals surface area contributed by atoms with Gasteiger partial charge < -0.3 is 19.5 Å². The number of nitrogens with zero attached hydrogens (tertiary/aromatic N) is 1. The molecule has 1 aromatic carbocycles.